The molecule has 2 heteroatoms. The van der Waals surface area contributed by atoms with Gasteiger partial charge in [-0.05, 0) is 19.4 Å². The molecule has 0 saturated carbocycles. The molecule has 0 N–H and O–H groups in total. The third-order valence-electron chi connectivity index (χ3n) is 2.27. The van der Waals surface area contributed by atoms with Crippen molar-refractivity contribution in [1.29, 1.82) is 0 Å². The number of benzene rings is 1. The van der Waals surface area contributed by atoms with Crippen molar-refractivity contribution < 1.29 is 9.47 Å². The Labute approximate surface area is 98.6 Å². The fourth-order valence-electron chi connectivity index (χ4n) is 1.53. The first-order valence-corrected chi connectivity index (χ1v) is 5.89. The van der Waals surface area contributed by atoms with Gasteiger partial charge in [0.2, 0.25) is 0 Å². The van der Waals surface area contributed by atoms with Crippen LogP contribution in [-0.2, 0) is 0 Å². The molecule has 2 nitrogen and oxygen atoms in total. The minimum Gasteiger partial charge on any atom is -0.490 e. The van der Waals surface area contributed by atoms with E-state index in [1.54, 1.807) is 0 Å². The van der Waals surface area contributed by atoms with E-state index in [9.17, 15) is 0 Å². The summed E-state index contributed by atoms with van der Waals surface area (Å²) >= 11 is 0. The maximum absolute atomic E-state index is 5.69. The van der Waals surface area contributed by atoms with Gasteiger partial charge in [0.05, 0.1) is 13.2 Å². The van der Waals surface area contributed by atoms with E-state index in [1.165, 1.54) is 5.92 Å². The van der Waals surface area contributed by atoms with Gasteiger partial charge in [-0.1, -0.05) is 32.9 Å². The van der Waals surface area contributed by atoms with E-state index in [2.05, 4.69) is 26.8 Å². The number of hydrogen-bond acceptors (Lipinski definition) is 2. The van der Waals surface area contributed by atoms with Gasteiger partial charge in [-0.25, -0.2) is 0 Å². The van der Waals surface area contributed by atoms with Crippen LogP contribution < -0.4 is 9.47 Å². The van der Waals surface area contributed by atoms with Gasteiger partial charge in [0, 0.05) is 11.5 Å². The molecule has 0 unspecified atom stereocenters. The van der Waals surface area contributed by atoms with Crippen molar-refractivity contribution in [2.75, 3.05) is 13.2 Å². The minimum atomic E-state index is 0.660. The molecule has 89 valence electrons. The number of para-hydroxylation sites is 1. The van der Waals surface area contributed by atoms with Gasteiger partial charge in [-0.15, -0.1) is 0 Å². The Morgan fingerprint density at radius 3 is 2.44 bits per heavy atom. The van der Waals surface area contributed by atoms with Crippen LogP contribution in [0.2, 0.25) is 0 Å². The van der Waals surface area contributed by atoms with E-state index in [-0.39, 0.29) is 0 Å². The maximum atomic E-state index is 5.69. The SMILES string of the molecule is CCCOc1cccc([C](C)C)c1OCC. The van der Waals surface area contributed by atoms with Crippen molar-refractivity contribution in [2.45, 2.75) is 34.1 Å². The van der Waals surface area contributed by atoms with E-state index in [1.807, 2.05) is 19.1 Å². The fraction of sp³-hybridized carbons (Fsp3) is 0.500. The van der Waals surface area contributed by atoms with Crippen LogP contribution in [0.25, 0.3) is 0 Å². The summed E-state index contributed by atoms with van der Waals surface area (Å²) in [5, 5.41) is 0. The summed E-state index contributed by atoms with van der Waals surface area (Å²) in [4.78, 5) is 0. The Balaban J connectivity index is 3.00. The second kappa shape index (κ2) is 6.41. The summed E-state index contributed by atoms with van der Waals surface area (Å²) < 4.78 is 11.4. The van der Waals surface area contributed by atoms with Crippen LogP contribution in [0.3, 0.4) is 0 Å². The quantitative estimate of drug-likeness (QED) is 0.726. The zero-order chi connectivity index (χ0) is 12.0. The summed E-state index contributed by atoms with van der Waals surface area (Å²) in [5.74, 6) is 2.96. The lowest BCUT2D eigenvalue weighted by Crippen LogP contribution is -2.03. The molecule has 0 spiro atoms. The number of ether oxygens (including phenoxy) is 2. The molecule has 0 aromatic heterocycles. The van der Waals surface area contributed by atoms with Crippen molar-refractivity contribution in [3.8, 4) is 11.5 Å². The van der Waals surface area contributed by atoms with Crippen molar-refractivity contribution in [3.05, 3.63) is 29.7 Å². The molecule has 1 aromatic carbocycles. The Bertz CT molecular complexity index is 319. The Morgan fingerprint density at radius 1 is 1.12 bits per heavy atom. The first-order chi connectivity index (χ1) is 7.70. The van der Waals surface area contributed by atoms with E-state index < -0.39 is 0 Å². The minimum absolute atomic E-state index is 0.660. The zero-order valence-corrected chi connectivity index (χ0v) is 10.7. The smallest absolute Gasteiger partial charge is 0.164 e. The van der Waals surface area contributed by atoms with Crippen molar-refractivity contribution in [1.82, 2.24) is 0 Å². The number of rotatable bonds is 6. The monoisotopic (exact) mass is 221 g/mol. The first kappa shape index (κ1) is 12.9. The van der Waals surface area contributed by atoms with Gasteiger partial charge >= 0.3 is 0 Å². The normalized spacial score (nSPS) is 10.6. The molecule has 0 saturated heterocycles. The van der Waals surface area contributed by atoms with Crippen molar-refractivity contribution >= 4 is 0 Å². The molecule has 0 bridgehead atoms. The van der Waals surface area contributed by atoms with Crippen molar-refractivity contribution in [2.24, 2.45) is 0 Å². The zero-order valence-electron chi connectivity index (χ0n) is 10.7. The van der Waals surface area contributed by atoms with Crippen LogP contribution in [0.5, 0.6) is 11.5 Å². The van der Waals surface area contributed by atoms with E-state index >= 15 is 0 Å². The standard InChI is InChI=1S/C14H21O2/c1-5-10-16-13-9-7-8-12(11(3)4)14(13)15-6-2/h7-9H,5-6,10H2,1-4H3. The first-order valence-electron chi connectivity index (χ1n) is 5.89. The summed E-state index contributed by atoms with van der Waals surface area (Å²) in [7, 11) is 0. The molecule has 0 aliphatic rings. The van der Waals surface area contributed by atoms with Crippen LogP contribution in [-0.4, -0.2) is 13.2 Å². The molecule has 16 heavy (non-hydrogen) atoms. The second-order valence-electron chi connectivity index (χ2n) is 3.91. The molecule has 1 radical (unpaired) electrons. The Hall–Kier alpha value is -1.18. The highest BCUT2D eigenvalue weighted by Gasteiger charge is 2.13. The molecule has 0 fully saturated rings. The highest BCUT2D eigenvalue weighted by molar-refractivity contribution is 5.51. The van der Waals surface area contributed by atoms with Crippen LogP contribution in [0.1, 0.15) is 39.7 Å². The largest absolute Gasteiger partial charge is 0.490 e. The molecule has 0 atom stereocenters. The van der Waals surface area contributed by atoms with E-state index in [0.717, 1.165) is 30.1 Å². The van der Waals surface area contributed by atoms with Crippen molar-refractivity contribution in [3.63, 3.8) is 0 Å². The lowest BCUT2D eigenvalue weighted by Gasteiger charge is -2.17. The molecule has 0 aliphatic heterocycles. The Morgan fingerprint density at radius 2 is 1.88 bits per heavy atom. The Kier molecular flexibility index (Phi) is 5.17. The van der Waals surface area contributed by atoms with Crippen LogP contribution in [0.15, 0.2) is 18.2 Å². The molecule has 1 rings (SSSR count). The van der Waals surface area contributed by atoms with E-state index in [0.29, 0.717) is 6.61 Å². The topological polar surface area (TPSA) is 18.5 Å². The van der Waals surface area contributed by atoms with Crippen LogP contribution in [0, 0.1) is 5.92 Å². The third kappa shape index (κ3) is 3.16. The molecule has 0 heterocycles. The van der Waals surface area contributed by atoms with Crippen LogP contribution >= 0.6 is 0 Å². The second-order valence-corrected chi connectivity index (χ2v) is 3.91. The highest BCUT2D eigenvalue weighted by Crippen LogP contribution is 2.35. The highest BCUT2D eigenvalue weighted by atomic mass is 16.5. The lowest BCUT2D eigenvalue weighted by molar-refractivity contribution is 0.275. The molecule has 0 amide bonds. The molecule has 0 aliphatic carbocycles. The molecular weight excluding hydrogens is 200 g/mol. The maximum Gasteiger partial charge on any atom is 0.164 e. The predicted molar refractivity (Wildman–Crippen MR) is 67.1 cm³/mol. The van der Waals surface area contributed by atoms with E-state index in [4.69, 9.17) is 9.47 Å². The van der Waals surface area contributed by atoms with Gasteiger partial charge in [0.25, 0.3) is 0 Å². The van der Waals surface area contributed by atoms with Gasteiger partial charge in [-0.2, -0.15) is 0 Å². The van der Waals surface area contributed by atoms with Gasteiger partial charge in [-0.3, -0.25) is 0 Å². The lowest BCUT2D eigenvalue weighted by atomic mass is 10.0. The summed E-state index contributed by atoms with van der Waals surface area (Å²) in [6.45, 7) is 9.65. The average molecular weight is 221 g/mol. The predicted octanol–water partition coefficient (Wildman–Crippen LogP) is 3.84. The molecule has 1 aromatic rings. The van der Waals surface area contributed by atoms with Gasteiger partial charge < -0.3 is 9.47 Å². The third-order valence-corrected chi connectivity index (χ3v) is 2.27. The van der Waals surface area contributed by atoms with Gasteiger partial charge in [0.1, 0.15) is 0 Å². The van der Waals surface area contributed by atoms with Gasteiger partial charge in [0.15, 0.2) is 11.5 Å². The fourth-order valence-corrected chi connectivity index (χ4v) is 1.53. The summed E-state index contributed by atoms with van der Waals surface area (Å²) in [5.41, 5.74) is 1.13. The van der Waals surface area contributed by atoms with Crippen LogP contribution in [0.4, 0.5) is 0 Å². The summed E-state index contributed by atoms with van der Waals surface area (Å²) in [6.07, 6.45) is 1.00. The summed E-state index contributed by atoms with van der Waals surface area (Å²) in [6, 6.07) is 6.04. The average Bonchev–Trinajstić information content (AvgIpc) is 2.27. The molecular formula is C14H21O2. The number of hydrogen-bond donors (Lipinski definition) is 0.